The number of aryl methyl sites for hydroxylation is 1. The van der Waals surface area contributed by atoms with Gasteiger partial charge in [-0.15, -0.1) is 0 Å². The summed E-state index contributed by atoms with van der Waals surface area (Å²) in [6.07, 6.45) is 5.79. The number of nitrogens with one attached hydrogen (secondary N) is 1. The summed E-state index contributed by atoms with van der Waals surface area (Å²) in [6.45, 7) is 3.51. The molecule has 1 aliphatic heterocycles. The summed E-state index contributed by atoms with van der Waals surface area (Å²) in [7, 11) is 0. The second-order valence-corrected chi connectivity index (χ2v) is 8.54. The van der Waals surface area contributed by atoms with E-state index in [1.807, 2.05) is 24.3 Å². The van der Waals surface area contributed by atoms with E-state index in [1.165, 1.54) is 19.3 Å². The molecule has 1 saturated heterocycles. The minimum Gasteiger partial charge on any atom is -0.452 e. The summed E-state index contributed by atoms with van der Waals surface area (Å²) in [5, 5.41) is 7.24. The highest BCUT2D eigenvalue weighted by Gasteiger charge is 2.29. The molecular formula is C24H26N4O4. The largest absolute Gasteiger partial charge is 0.452 e. The van der Waals surface area contributed by atoms with Gasteiger partial charge in [-0.2, -0.15) is 0 Å². The first-order chi connectivity index (χ1) is 15.6. The number of hydrogen-bond donors (Lipinski definition) is 1. The molecule has 1 aromatic carbocycles. The zero-order chi connectivity index (χ0) is 22.1. The first-order valence-electron chi connectivity index (χ1n) is 11.2. The molecule has 0 atom stereocenters. The number of nitrogens with zero attached hydrogens (tertiary/aromatic N) is 3. The summed E-state index contributed by atoms with van der Waals surface area (Å²) >= 11 is 0. The van der Waals surface area contributed by atoms with Crippen LogP contribution < -0.4 is 10.2 Å². The van der Waals surface area contributed by atoms with E-state index in [2.05, 4.69) is 20.4 Å². The summed E-state index contributed by atoms with van der Waals surface area (Å²) in [4.78, 5) is 32.0. The van der Waals surface area contributed by atoms with Crippen molar-refractivity contribution in [1.29, 1.82) is 0 Å². The van der Waals surface area contributed by atoms with E-state index >= 15 is 0 Å². The fourth-order valence-electron chi connectivity index (χ4n) is 4.18. The van der Waals surface area contributed by atoms with Gasteiger partial charge in [0.2, 0.25) is 0 Å². The van der Waals surface area contributed by atoms with Crippen LogP contribution in [0.15, 0.2) is 34.9 Å². The van der Waals surface area contributed by atoms with E-state index in [0.717, 1.165) is 37.3 Å². The number of ether oxygens (including phenoxy) is 1. The van der Waals surface area contributed by atoms with Crippen LogP contribution in [0.4, 0.5) is 11.4 Å². The van der Waals surface area contributed by atoms with E-state index in [4.69, 9.17) is 9.26 Å². The van der Waals surface area contributed by atoms with Crippen LogP contribution >= 0.6 is 0 Å². The first kappa shape index (κ1) is 20.5. The van der Waals surface area contributed by atoms with Crippen LogP contribution in [0, 0.1) is 6.92 Å². The molecule has 8 nitrogen and oxygen atoms in total. The maximum absolute atomic E-state index is 12.8. The number of anilines is 2. The molecule has 0 radical (unpaired) electrons. The van der Waals surface area contributed by atoms with Crippen LogP contribution in [-0.2, 0) is 9.53 Å². The molecule has 1 aliphatic carbocycles. The predicted octanol–water partition coefficient (Wildman–Crippen LogP) is 4.19. The molecule has 3 aromatic rings. The quantitative estimate of drug-likeness (QED) is 0.581. The zero-order valence-electron chi connectivity index (χ0n) is 18.1. The fraction of sp³-hybridized carbons (Fsp3) is 0.417. The summed E-state index contributed by atoms with van der Waals surface area (Å²) in [5.41, 5.74) is 3.88. The standard InChI is InChI=1S/C24H26N4O4/c1-15-22-19(13-20(16-5-6-16)26-23(22)32-27-15)24(30)31-14-21(29)25-17-7-9-18(10-8-17)28-11-3-2-4-12-28/h7-10,13,16H,2-6,11-12,14H2,1H3,(H,25,29). The Labute approximate surface area is 185 Å². The molecule has 32 heavy (non-hydrogen) atoms. The van der Waals surface area contributed by atoms with Crippen LogP contribution in [0.2, 0.25) is 0 Å². The van der Waals surface area contributed by atoms with Gasteiger partial charge in [0, 0.05) is 36.1 Å². The molecular weight excluding hydrogens is 408 g/mol. The number of carbonyl (C=O) groups excluding carboxylic acids is 2. The fourth-order valence-corrected chi connectivity index (χ4v) is 4.18. The van der Waals surface area contributed by atoms with Crippen molar-refractivity contribution in [2.75, 3.05) is 29.9 Å². The Kier molecular flexibility index (Phi) is 5.51. The normalized spacial score (nSPS) is 16.2. The van der Waals surface area contributed by atoms with E-state index in [-0.39, 0.29) is 12.5 Å². The van der Waals surface area contributed by atoms with Crippen LogP contribution in [0.5, 0.6) is 0 Å². The van der Waals surface area contributed by atoms with Gasteiger partial charge in [0.05, 0.1) is 16.6 Å². The Balaban J connectivity index is 1.22. The van der Waals surface area contributed by atoms with Crippen molar-refractivity contribution in [3.05, 3.63) is 47.3 Å². The van der Waals surface area contributed by atoms with Crippen molar-refractivity contribution in [2.24, 2.45) is 0 Å². The zero-order valence-corrected chi connectivity index (χ0v) is 18.1. The topological polar surface area (TPSA) is 97.6 Å². The molecule has 0 bridgehead atoms. The van der Waals surface area contributed by atoms with Gasteiger partial charge in [-0.3, -0.25) is 4.79 Å². The van der Waals surface area contributed by atoms with Crippen molar-refractivity contribution in [2.45, 2.75) is 44.9 Å². The van der Waals surface area contributed by atoms with Gasteiger partial charge in [0.15, 0.2) is 6.61 Å². The third-order valence-electron chi connectivity index (χ3n) is 6.06. The summed E-state index contributed by atoms with van der Waals surface area (Å²) < 4.78 is 10.6. The van der Waals surface area contributed by atoms with Crippen molar-refractivity contribution in [1.82, 2.24) is 10.1 Å². The maximum Gasteiger partial charge on any atom is 0.339 e. The average molecular weight is 434 g/mol. The number of fused-ring (bicyclic) bond motifs is 1. The van der Waals surface area contributed by atoms with Gasteiger partial charge in [0.25, 0.3) is 11.6 Å². The highest BCUT2D eigenvalue weighted by Crippen LogP contribution is 2.40. The third-order valence-corrected chi connectivity index (χ3v) is 6.06. The molecule has 166 valence electrons. The molecule has 1 saturated carbocycles. The van der Waals surface area contributed by atoms with Crippen LogP contribution in [0.3, 0.4) is 0 Å². The van der Waals surface area contributed by atoms with Crippen LogP contribution in [0.1, 0.15) is 59.8 Å². The second kappa shape index (κ2) is 8.61. The van der Waals surface area contributed by atoms with Gasteiger partial charge in [0.1, 0.15) is 0 Å². The van der Waals surface area contributed by atoms with E-state index in [9.17, 15) is 9.59 Å². The highest BCUT2D eigenvalue weighted by molar-refractivity contribution is 6.04. The second-order valence-electron chi connectivity index (χ2n) is 8.54. The number of benzene rings is 1. The Morgan fingerprint density at radius 1 is 1.16 bits per heavy atom. The Morgan fingerprint density at radius 2 is 1.91 bits per heavy atom. The van der Waals surface area contributed by atoms with Gasteiger partial charge >= 0.3 is 5.97 Å². The van der Waals surface area contributed by atoms with Crippen molar-refractivity contribution >= 4 is 34.4 Å². The van der Waals surface area contributed by atoms with Gasteiger partial charge < -0.3 is 19.5 Å². The predicted molar refractivity (Wildman–Crippen MR) is 120 cm³/mol. The number of piperidine rings is 1. The molecule has 3 heterocycles. The molecule has 2 aromatic heterocycles. The number of pyridine rings is 1. The van der Waals surface area contributed by atoms with Crippen molar-refractivity contribution in [3.63, 3.8) is 0 Å². The highest BCUT2D eigenvalue weighted by atomic mass is 16.5. The molecule has 0 unspecified atom stereocenters. The minimum atomic E-state index is -0.582. The van der Waals surface area contributed by atoms with Crippen molar-refractivity contribution < 1.29 is 18.8 Å². The Morgan fingerprint density at radius 3 is 2.62 bits per heavy atom. The van der Waals surface area contributed by atoms with E-state index in [0.29, 0.717) is 34.0 Å². The smallest absolute Gasteiger partial charge is 0.339 e. The number of aromatic nitrogens is 2. The van der Waals surface area contributed by atoms with E-state index < -0.39 is 5.97 Å². The van der Waals surface area contributed by atoms with Gasteiger partial charge in [-0.1, -0.05) is 5.16 Å². The number of hydrogen-bond acceptors (Lipinski definition) is 7. The van der Waals surface area contributed by atoms with Gasteiger partial charge in [-0.25, -0.2) is 9.78 Å². The molecule has 8 heteroatoms. The lowest BCUT2D eigenvalue weighted by atomic mass is 10.1. The number of esters is 1. The van der Waals surface area contributed by atoms with Crippen molar-refractivity contribution in [3.8, 4) is 0 Å². The lowest BCUT2D eigenvalue weighted by Crippen LogP contribution is -2.29. The van der Waals surface area contributed by atoms with E-state index in [1.54, 1.807) is 13.0 Å². The lowest BCUT2D eigenvalue weighted by Gasteiger charge is -2.28. The summed E-state index contributed by atoms with van der Waals surface area (Å²) in [5.74, 6) is -0.632. The lowest BCUT2D eigenvalue weighted by molar-refractivity contribution is -0.119. The van der Waals surface area contributed by atoms with Gasteiger partial charge in [-0.05, 0) is 69.4 Å². The SMILES string of the molecule is Cc1noc2nc(C3CC3)cc(C(=O)OCC(=O)Nc3ccc(N4CCCCC4)cc3)c12. The molecule has 1 N–H and O–H groups in total. The summed E-state index contributed by atoms with van der Waals surface area (Å²) in [6, 6.07) is 9.50. The molecule has 0 spiro atoms. The molecule has 5 rings (SSSR count). The molecule has 2 aliphatic rings. The average Bonchev–Trinajstić information content (AvgIpc) is 3.61. The number of carbonyl (C=O) groups is 2. The van der Waals surface area contributed by atoms with Crippen LogP contribution in [-0.4, -0.2) is 41.7 Å². The number of rotatable bonds is 6. The molecule has 1 amide bonds. The first-order valence-corrected chi connectivity index (χ1v) is 11.2. The Bertz CT molecular complexity index is 1140. The number of amides is 1. The van der Waals surface area contributed by atoms with Crippen LogP contribution in [0.25, 0.3) is 11.1 Å². The monoisotopic (exact) mass is 434 g/mol. The molecule has 2 fully saturated rings. The maximum atomic E-state index is 12.8. The Hall–Kier alpha value is -3.42. The third kappa shape index (κ3) is 4.30. The minimum absolute atomic E-state index is 0.331.